The smallest absolute Gasteiger partial charge is 0.244 e. The van der Waals surface area contributed by atoms with Crippen LogP contribution in [0.1, 0.15) is 16.0 Å². The molecule has 1 aromatic carbocycles. The third-order valence-corrected chi connectivity index (χ3v) is 5.61. The first kappa shape index (κ1) is 16.0. The molecule has 0 saturated carbocycles. The van der Waals surface area contributed by atoms with Gasteiger partial charge in [-0.05, 0) is 41.6 Å². The number of nitrogens with one attached hydrogen (secondary N) is 1. The molecule has 0 saturated heterocycles. The third kappa shape index (κ3) is 3.62. The van der Waals surface area contributed by atoms with Gasteiger partial charge in [0.15, 0.2) is 0 Å². The van der Waals surface area contributed by atoms with Gasteiger partial charge in [-0.15, -0.1) is 11.3 Å². The molecule has 2 aromatic rings. The summed E-state index contributed by atoms with van der Waals surface area (Å²) < 4.78 is 32.6. The van der Waals surface area contributed by atoms with Crippen LogP contribution in [0.3, 0.4) is 0 Å². The molecule has 0 aliphatic carbocycles. The molecule has 0 amide bonds. The molecule has 1 heterocycles. The van der Waals surface area contributed by atoms with Crippen LogP contribution in [-0.2, 0) is 23.1 Å². The van der Waals surface area contributed by atoms with Crippen LogP contribution in [0.5, 0.6) is 5.75 Å². The molecule has 0 atom stereocenters. The van der Waals surface area contributed by atoms with Gasteiger partial charge in [0.2, 0.25) is 10.0 Å². The van der Waals surface area contributed by atoms with Crippen molar-refractivity contribution in [2.45, 2.75) is 24.9 Å². The average molecular weight is 326 g/mol. The first-order valence-electron chi connectivity index (χ1n) is 6.37. The van der Waals surface area contributed by atoms with Crippen molar-refractivity contribution in [3.8, 4) is 5.75 Å². The van der Waals surface area contributed by atoms with Crippen molar-refractivity contribution in [2.75, 3.05) is 7.11 Å². The Morgan fingerprint density at radius 1 is 1.33 bits per heavy atom. The van der Waals surface area contributed by atoms with Gasteiger partial charge >= 0.3 is 0 Å². The molecule has 114 valence electrons. The van der Waals surface area contributed by atoms with Crippen molar-refractivity contribution >= 4 is 21.4 Å². The highest BCUT2D eigenvalue weighted by Crippen LogP contribution is 2.25. The van der Waals surface area contributed by atoms with Crippen LogP contribution in [0, 0.1) is 6.92 Å². The van der Waals surface area contributed by atoms with Crippen LogP contribution in [-0.4, -0.2) is 15.5 Å². The van der Waals surface area contributed by atoms with Crippen LogP contribution in [0.2, 0.25) is 0 Å². The Bertz CT molecular complexity index is 724. The minimum absolute atomic E-state index is 0.122. The van der Waals surface area contributed by atoms with Gasteiger partial charge in [0.05, 0.1) is 7.11 Å². The van der Waals surface area contributed by atoms with E-state index in [0.29, 0.717) is 12.3 Å². The quantitative estimate of drug-likeness (QED) is 0.851. The maximum Gasteiger partial charge on any atom is 0.244 e. The van der Waals surface area contributed by atoms with Crippen molar-refractivity contribution < 1.29 is 13.2 Å². The van der Waals surface area contributed by atoms with E-state index in [0.717, 1.165) is 16.0 Å². The Labute approximate surface area is 128 Å². The van der Waals surface area contributed by atoms with Gasteiger partial charge in [0.25, 0.3) is 0 Å². The number of methoxy groups -OCH3 is 1. The summed E-state index contributed by atoms with van der Waals surface area (Å²) in [6.45, 7) is 2.56. The predicted molar refractivity (Wildman–Crippen MR) is 84.0 cm³/mol. The summed E-state index contributed by atoms with van der Waals surface area (Å²) in [7, 11) is -2.19. The zero-order valence-electron chi connectivity index (χ0n) is 11.9. The summed E-state index contributed by atoms with van der Waals surface area (Å²) in [5, 5.41) is 1.94. The summed E-state index contributed by atoms with van der Waals surface area (Å²) in [4.78, 5) is 1.12. The van der Waals surface area contributed by atoms with Crippen LogP contribution < -0.4 is 15.2 Å². The van der Waals surface area contributed by atoms with E-state index in [1.165, 1.54) is 24.5 Å². The van der Waals surface area contributed by atoms with E-state index in [1.807, 2.05) is 18.4 Å². The Morgan fingerprint density at radius 3 is 2.67 bits per heavy atom. The number of hydrogen-bond acceptors (Lipinski definition) is 5. The fraction of sp³-hybridized carbons (Fsp3) is 0.286. The maximum atomic E-state index is 12.4. The van der Waals surface area contributed by atoms with E-state index < -0.39 is 10.0 Å². The standard InChI is InChI=1S/C14H18N2O3S2/c1-10-5-6-20-13(10)9-16-21(17,18)14-4-3-11(8-15)7-12(14)19-2/h3-7,16H,8-9,15H2,1-2H3. The van der Waals surface area contributed by atoms with E-state index in [-0.39, 0.29) is 11.4 Å². The summed E-state index contributed by atoms with van der Waals surface area (Å²) in [5.74, 6) is 0.299. The van der Waals surface area contributed by atoms with Crippen molar-refractivity contribution in [3.05, 3.63) is 45.6 Å². The average Bonchev–Trinajstić information content (AvgIpc) is 2.89. The number of thiophene rings is 1. The highest BCUT2D eigenvalue weighted by Gasteiger charge is 2.20. The number of sulfonamides is 1. The number of nitrogens with two attached hydrogens (primary N) is 1. The molecular formula is C14H18N2O3S2. The van der Waals surface area contributed by atoms with Gasteiger partial charge in [-0.1, -0.05) is 6.07 Å². The topological polar surface area (TPSA) is 81.4 Å². The minimum atomic E-state index is -3.63. The minimum Gasteiger partial charge on any atom is -0.495 e. The van der Waals surface area contributed by atoms with Crippen LogP contribution >= 0.6 is 11.3 Å². The molecule has 1 aromatic heterocycles. The molecule has 5 nitrogen and oxygen atoms in total. The molecule has 3 N–H and O–H groups in total. The molecule has 0 unspecified atom stereocenters. The van der Waals surface area contributed by atoms with Crippen molar-refractivity contribution in [1.82, 2.24) is 4.72 Å². The molecule has 0 aliphatic heterocycles. The molecule has 0 radical (unpaired) electrons. The molecule has 0 bridgehead atoms. The van der Waals surface area contributed by atoms with E-state index in [9.17, 15) is 8.42 Å². The number of aryl methyl sites for hydroxylation is 1. The first-order valence-corrected chi connectivity index (χ1v) is 8.74. The van der Waals surface area contributed by atoms with Crippen molar-refractivity contribution in [2.24, 2.45) is 5.73 Å². The highest BCUT2D eigenvalue weighted by atomic mass is 32.2. The second-order valence-corrected chi connectivity index (χ2v) is 7.28. The molecule has 0 fully saturated rings. The van der Waals surface area contributed by atoms with E-state index in [1.54, 1.807) is 12.1 Å². The van der Waals surface area contributed by atoms with Gasteiger partial charge in [0, 0.05) is 18.0 Å². The van der Waals surface area contributed by atoms with Gasteiger partial charge in [-0.3, -0.25) is 0 Å². The lowest BCUT2D eigenvalue weighted by atomic mass is 10.2. The maximum absolute atomic E-state index is 12.4. The predicted octanol–water partition coefficient (Wildman–Crippen LogP) is 2.00. The third-order valence-electron chi connectivity index (χ3n) is 3.14. The highest BCUT2D eigenvalue weighted by molar-refractivity contribution is 7.89. The summed E-state index contributed by atoms with van der Waals surface area (Å²) in [6.07, 6.45) is 0. The number of benzene rings is 1. The normalized spacial score (nSPS) is 11.6. The molecular weight excluding hydrogens is 308 g/mol. The van der Waals surface area contributed by atoms with Crippen molar-refractivity contribution in [3.63, 3.8) is 0 Å². The Balaban J connectivity index is 2.25. The lowest BCUT2D eigenvalue weighted by Gasteiger charge is -2.11. The molecule has 0 aliphatic rings. The van der Waals surface area contributed by atoms with E-state index >= 15 is 0 Å². The Kier molecular flexibility index (Phi) is 5.00. The summed E-state index contributed by atoms with van der Waals surface area (Å²) >= 11 is 1.53. The van der Waals surface area contributed by atoms with E-state index in [4.69, 9.17) is 10.5 Å². The van der Waals surface area contributed by atoms with Crippen LogP contribution in [0.25, 0.3) is 0 Å². The second kappa shape index (κ2) is 6.57. The monoisotopic (exact) mass is 326 g/mol. The summed E-state index contributed by atoms with van der Waals surface area (Å²) in [6, 6.07) is 6.81. The fourth-order valence-corrected chi connectivity index (χ4v) is 3.97. The zero-order valence-corrected chi connectivity index (χ0v) is 13.6. The second-order valence-electron chi connectivity index (χ2n) is 4.54. The fourth-order valence-electron chi connectivity index (χ4n) is 1.88. The van der Waals surface area contributed by atoms with Gasteiger partial charge in [0.1, 0.15) is 10.6 Å². The first-order chi connectivity index (χ1) is 9.97. The number of rotatable bonds is 6. The number of ether oxygens (including phenoxy) is 1. The molecule has 2 rings (SSSR count). The van der Waals surface area contributed by atoms with Crippen LogP contribution in [0.4, 0.5) is 0 Å². The van der Waals surface area contributed by atoms with Crippen molar-refractivity contribution in [1.29, 1.82) is 0 Å². The molecule has 21 heavy (non-hydrogen) atoms. The SMILES string of the molecule is COc1cc(CN)ccc1S(=O)(=O)NCc1sccc1C. The van der Waals surface area contributed by atoms with E-state index in [2.05, 4.69) is 4.72 Å². The Hall–Kier alpha value is -1.41. The lowest BCUT2D eigenvalue weighted by Crippen LogP contribution is -2.23. The van der Waals surface area contributed by atoms with Crippen LogP contribution in [0.15, 0.2) is 34.5 Å². The largest absolute Gasteiger partial charge is 0.495 e. The lowest BCUT2D eigenvalue weighted by molar-refractivity contribution is 0.401. The zero-order chi connectivity index (χ0) is 15.5. The number of hydrogen-bond donors (Lipinski definition) is 2. The van der Waals surface area contributed by atoms with Gasteiger partial charge < -0.3 is 10.5 Å². The molecule has 0 spiro atoms. The summed E-state index contributed by atoms with van der Waals surface area (Å²) in [5.41, 5.74) is 7.45. The Morgan fingerprint density at radius 2 is 2.10 bits per heavy atom. The van der Waals surface area contributed by atoms with Gasteiger partial charge in [-0.2, -0.15) is 0 Å². The molecule has 7 heteroatoms. The van der Waals surface area contributed by atoms with Gasteiger partial charge in [-0.25, -0.2) is 13.1 Å².